The van der Waals surface area contributed by atoms with E-state index in [1.807, 2.05) is 36.7 Å². The van der Waals surface area contributed by atoms with E-state index in [4.69, 9.17) is 10.3 Å². The molecule has 0 radical (unpaired) electrons. The summed E-state index contributed by atoms with van der Waals surface area (Å²) in [7, 11) is 1.87. The minimum absolute atomic E-state index is 0.414. The fourth-order valence-corrected chi connectivity index (χ4v) is 1.88. The first kappa shape index (κ1) is 11.5. The van der Waals surface area contributed by atoms with E-state index in [1.165, 1.54) is 0 Å². The molecule has 0 atom stereocenters. The molecule has 0 aliphatic carbocycles. The molecule has 19 heavy (non-hydrogen) atoms. The number of nitrogens with zero attached hydrogens (tertiary/aromatic N) is 4. The van der Waals surface area contributed by atoms with Crippen molar-refractivity contribution in [2.45, 2.75) is 6.92 Å². The highest BCUT2D eigenvalue weighted by molar-refractivity contribution is 5.73. The maximum Gasteiger partial charge on any atom is 0.260 e. The van der Waals surface area contributed by atoms with Crippen LogP contribution in [-0.4, -0.2) is 19.7 Å². The fourth-order valence-electron chi connectivity index (χ4n) is 1.88. The standard InChI is InChI=1S/C13H13N5O/c1-8-4-3-5-9(11(8)14)13-16-12(17-19-13)10-6-15-7-18(10)2/h3-7H,14H2,1-2H3. The molecule has 2 N–H and O–H groups in total. The van der Waals surface area contributed by atoms with Crippen LogP contribution in [0.15, 0.2) is 35.2 Å². The van der Waals surface area contributed by atoms with Gasteiger partial charge in [0.25, 0.3) is 5.89 Å². The van der Waals surface area contributed by atoms with Crippen LogP contribution in [0.4, 0.5) is 5.69 Å². The molecule has 2 aromatic heterocycles. The van der Waals surface area contributed by atoms with Crippen LogP contribution in [0, 0.1) is 6.92 Å². The molecular formula is C13H13N5O. The van der Waals surface area contributed by atoms with Gasteiger partial charge in [-0.25, -0.2) is 4.98 Å². The van der Waals surface area contributed by atoms with Crippen LogP contribution < -0.4 is 5.73 Å². The van der Waals surface area contributed by atoms with Crippen molar-refractivity contribution in [3.8, 4) is 23.0 Å². The smallest absolute Gasteiger partial charge is 0.260 e. The largest absolute Gasteiger partial charge is 0.398 e. The summed E-state index contributed by atoms with van der Waals surface area (Å²) >= 11 is 0. The maximum absolute atomic E-state index is 6.03. The number of hydrogen-bond acceptors (Lipinski definition) is 5. The summed E-state index contributed by atoms with van der Waals surface area (Å²) in [5, 5.41) is 3.96. The zero-order valence-corrected chi connectivity index (χ0v) is 10.7. The van der Waals surface area contributed by atoms with Crippen molar-refractivity contribution in [2.24, 2.45) is 7.05 Å². The summed E-state index contributed by atoms with van der Waals surface area (Å²) in [6, 6.07) is 5.72. The second kappa shape index (κ2) is 4.24. The lowest BCUT2D eigenvalue weighted by Crippen LogP contribution is -1.94. The Labute approximate surface area is 109 Å². The SMILES string of the molecule is Cc1cccc(-c2nc(-c3cncn3C)no2)c1N. The predicted molar refractivity (Wildman–Crippen MR) is 71.1 cm³/mol. The first-order chi connectivity index (χ1) is 9.16. The van der Waals surface area contributed by atoms with Gasteiger partial charge in [0.1, 0.15) is 5.69 Å². The molecule has 3 rings (SSSR count). The number of anilines is 1. The number of rotatable bonds is 2. The second-order valence-electron chi connectivity index (χ2n) is 4.35. The van der Waals surface area contributed by atoms with Gasteiger partial charge in [-0.05, 0) is 18.6 Å². The number of imidazole rings is 1. The Morgan fingerprint density at radius 1 is 1.32 bits per heavy atom. The van der Waals surface area contributed by atoms with Crippen LogP contribution in [0.25, 0.3) is 23.0 Å². The number of nitrogen functional groups attached to an aromatic ring is 1. The summed E-state index contributed by atoms with van der Waals surface area (Å²) in [6.07, 6.45) is 3.38. The van der Waals surface area contributed by atoms with E-state index < -0.39 is 0 Å². The Morgan fingerprint density at radius 2 is 2.16 bits per heavy atom. The van der Waals surface area contributed by atoms with Crippen molar-refractivity contribution in [2.75, 3.05) is 5.73 Å². The van der Waals surface area contributed by atoms with E-state index in [1.54, 1.807) is 12.5 Å². The highest BCUT2D eigenvalue weighted by Gasteiger charge is 2.15. The minimum Gasteiger partial charge on any atom is -0.398 e. The molecule has 0 saturated heterocycles. The van der Waals surface area contributed by atoms with Gasteiger partial charge in [0.2, 0.25) is 5.82 Å². The zero-order valence-electron chi connectivity index (χ0n) is 10.7. The molecule has 96 valence electrons. The van der Waals surface area contributed by atoms with E-state index in [2.05, 4.69) is 15.1 Å². The highest BCUT2D eigenvalue weighted by Crippen LogP contribution is 2.28. The monoisotopic (exact) mass is 255 g/mol. The highest BCUT2D eigenvalue weighted by atomic mass is 16.5. The molecule has 0 aliphatic rings. The fraction of sp³-hybridized carbons (Fsp3) is 0.154. The molecule has 6 nitrogen and oxygen atoms in total. The molecule has 0 bridgehead atoms. The van der Waals surface area contributed by atoms with Gasteiger partial charge in [-0.1, -0.05) is 17.3 Å². The van der Waals surface area contributed by atoms with E-state index in [9.17, 15) is 0 Å². The molecule has 6 heteroatoms. The Bertz CT molecular complexity index is 728. The van der Waals surface area contributed by atoms with Crippen molar-refractivity contribution in [3.63, 3.8) is 0 Å². The van der Waals surface area contributed by atoms with Gasteiger partial charge < -0.3 is 14.8 Å². The van der Waals surface area contributed by atoms with Crippen molar-refractivity contribution in [3.05, 3.63) is 36.3 Å². The number of aryl methyl sites for hydroxylation is 2. The third-order valence-electron chi connectivity index (χ3n) is 3.03. The molecule has 2 heterocycles. The first-order valence-corrected chi connectivity index (χ1v) is 5.82. The van der Waals surface area contributed by atoms with Gasteiger partial charge >= 0.3 is 0 Å². The normalized spacial score (nSPS) is 10.8. The van der Waals surface area contributed by atoms with Crippen LogP contribution in [0.3, 0.4) is 0 Å². The van der Waals surface area contributed by atoms with Gasteiger partial charge in [0.05, 0.1) is 18.1 Å². The summed E-state index contributed by atoms with van der Waals surface area (Å²) in [5.41, 5.74) is 9.21. The molecule has 0 fully saturated rings. The van der Waals surface area contributed by atoms with Gasteiger partial charge in [-0.3, -0.25) is 0 Å². The summed E-state index contributed by atoms with van der Waals surface area (Å²) in [5.74, 6) is 0.910. The average Bonchev–Trinajstić information content (AvgIpc) is 3.01. The molecule has 0 unspecified atom stereocenters. The molecule has 0 amide bonds. The van der Waals surface area contributed by atoms with Gasteiger partial charge in [-0.15, -0.1) is 0 Å². The van der Waals surface area contributed by atoms with Crippen molar-refractivity contribution in [1.29, 1.82) is 0 Å². The van der Waals surface area contributed by atoms with Crippen molar-refractivity contribution < 1.29 is 4.52 Å². The average molecular weight is 255 g/mol. The van der Waals surface area contributed by atoms with Crippen molar-refractivity contribution >= 4 is 5.69 Å². The molecule has 1 aromatic carbocycles. The Morgan fingerprint density at radius 3 is 2.89 bits per heavy atom. The molecule has 0 spiro atoms. The maximum atomic E-state index is 6.03. The Kier molecular flexibility index (Phi) is 2.56. The van der Waals surface area contributed by atoms with E-state index in [0.717, 1.165) is 16.8 Å². The quantitative estimate of drug-likeness (QED) is 0.708. The number of hydrogen-bond donors (Lipinski definition) is 1. The number of para-hydroxylation sites is 1. The third-order valence-corrected chi connectivity index (χ3v) is 3.03. The van der Waals surface area contributed by atoms with Crippen LogP contribution in [-0.2, 0) is 7.05 Å². The summed E-state index contributed by atoms with van der Waals surface area (Å²) in [4.78, 5) is 8.40. The van der Waals surface area contributed by atoms with Gasteiger partial charge in [0.15, 0.2) is 0 Å². The molecule has 3 aromatic rings. The van der Waals surface area contributed by atoms with Crippen LogP contribution in [0.2, 0.25) is 0 Å². The number of aromatic nitrogens is 4. The summed E-state index contributed by atoms with van der Waals surface area (Å²) < 4.78 is 7.11. The number of benzene rings is 1. The lowest BCUT2D eigenvalue weighted by Gasteiger charge is -2.03. The Hall–Kier alpha value is -2.63. The summed E-state index contributed by atoms with van der Waals surface area (Å²) in [6.45, 7) is 1.94. The minimum atomic E-state index is 0.414. The van der Waals surface area contributed by atoms with Crippen LogP contribution in [0.5, 0.6) is 0 Å². The molecule has 0 aliphatic heterocycles. The zero-order chi connectivity index (χ0) is 13.4. The van der Waals surface area contributed by atoms with E-state index in [-0.39, 0.29) is 0 Å². The van der Waals surface area contributed by atoms with Crippen LogP contribution >= 0.6 is 0 Å². The van der Waals surface area contributed by atoms with Gasteiger partial charge in [-0.2, -0.15) is 4.98 Å². The van der Waals surface area contributed by atoms with Crippen molar-refractivity contribution in [1.82, 2.24) is 19.7 Å². The van der Waals surface area contributed by atoms with E-state index in [0.29, 0.717) is 17.4 Å². The lowest BCUT2D eigenvalue weighted by molar-refractivity contribution is 0.432. The number of nitrogens with two attached hydrogens (primary N) is 1. The Balaban J connectivity index is 2.07. The van der Waals surface area contributed by atoms with Crippen LogP contribution in [0.1, 0.15) is 5.56 Å². The topological polar surface area (TPSA) is 82.8 Å². The molecular weight excluding hydrogens is 242 g/mol. The predicted octanol–water partition coefficient (Wildman–Crippen LogP) is 2.03. The second-order valence-corrected chi connectivity index (χ2v) is 4.35. The first-order valence-electron chi connectivity index (χ1n) is 5.82. The lowest BCUT2D eigenvalue weighted by atomic mass is 10.1. The third kappa shape index (κ3) is 1.87. The van der Waals surface area contributed by atoms with Gasteiger partial charge in [0, 0.05) is 12.7 Å². The molecule has 0 saturated carbocycles. The van der Waals surface area contributed by atoms with E-state index >= 15 is 0 Å².